The summed E-state index contributed by atoms with van der Waals surface area (Å²) in [5.41, 5.74) is 5.91. The number of fused-ring (bicyclic) bond motifs is 6. The Kier molecular flexibility index (Phi) is 4.46. The number of methoxy groups -OCH3 is 2. The van der Waals surface area contributed by atoms with Gasteiger partial charge in [0.1, 0.15) is 12.2 Å². The van der Waals surface area contributed by atoms with E-state index in [2.05, 4.69) is 16.4 Å². The fourth-order valence-corrected chi connectivity index (χ4v) is 5.00. The van der Waals surface area contributed by atoms with E-state index in [-0.39, 0.29) is 12.1 Å². The predicted molar refractivity (Wildman–Crippen MR) is 124 cm³/mol. The molecule has 4 aromatic rings. The molecule has 3 aromatic carbocycles. The first-order chi connectivity index (χ1) is 16.2. The van der Waals surface area contributed by atoms with Crippen LogP contribution >= 0.6 is 0 Å². The van der Waals surface area contributed by atoms with Crippen LogP contribution in [0.15, 0.2) is 60.7 Å². The second kappa shape index (κ2) is 7.51. The lowest BCUT2D eigenvalue weighted by molar-refractivity contribution is 0.179. The van der Waals surface area contributed by atoms with Crippen LogP contribution in [0.5, 0.6) is 11.5 Å². The zero-order chi connectivity index (χ0) is 22.5. The van der Waals surface area contributed by atoms with Gasteiger partial charge in [0.25, 0.3) is 0 Å². The van der Waals surface area contributed by atoms with Crippen molar-refractivity contribution in [1.82, 2.24) is 19.9 Å². The third-order valence-corrected chi connectivity index (χ3v) is 6.57. The lowest BCUT2D eigenvalue weighted by Gasteiger charge is -2.45. The third-order valence-electron chi connectivity index (χ3n) is 6.57. The fraction of sp³-hybridized carbons (Fsp3) is 0.240. The molecule has 33 heavy (non-hydrogen) atoms. The van der Waals surface area contributed by atoms with Gasteiger partial charge in [0, 0.05) is 12.1 Å². The van der Waals surface area contributed by atoms with Crippen molar-refractivity contribution in [3.63, 3.8) is 0 Å². The highest BCUT2D eigenvalue weighted by atomic mass is 16.5. The Balaban J connectivity index is 1.47. The van der Waals surface area contributed by atoms with Crippen molar-refractivity contribution in [2.24, 2.45) is 0 Å². The van der Waals surface area contributed by atoms with E-state index in [4.69, 9.17) is 9.47 Å². The molecule has 8 nitrogen and oxygen atoms in total. The molecule has 0 N–H and O–H groups in total. The molecule has 1 aromatic heterocycles. The van der Waals surface area contributed by atoms with Crippen LogP contribution in [0.1, 0.15) is 22.7 Å². The van der Waals surface area contributed by atoms with Crippen molar-refractivity contribution in [2.45, 2.75) is 19.1 Å². The largest absolute Gasteiger partial charge is 0.493 e. The minimum absolute atomic E-state index is 0.0429. The van der Waals surface area contributed by atoms with Gasteiger partial charge < -0.3 is 14.4 Å². The lowest BCUT2D eigenvalue weighted by Crippen LogP contribution is -2.52. The summed E-state index contributed by atoms with van der Waals surface area (Å²) in [6, 6.07) is 19.7. The van der Waals surface area contributed by atoms with Crippen LogP contribution in [0.2, 0.25) is 0 Å². The quantitative estimate of drug-likeness (QED) is 0.479. The number of carbonyl (C=O) groups is 1. The summed E-state index contributed by atoms with van der Waals surface area (Å²) in [4.78, 5) is 17.5. The molecule has 3 heterocycles. The van der Waals surface area contributed by atoms with Crippen LogP contribution in [0.3, 0.4) is 0 Å². The summed E-state index contributed by atoms with van der Waals surface area (Å²) in [7, 11) is 3.28. The number of nitrogens with zero attached hydrogens (tertiary/aromatic N) is 5. The monoisotopic (exact) mass is 441 g/mol. The number of benzene rings is 3. The summed E-state index contributed by atoms with van der Waals surface area (Å²) in [6.45, 7) is 0.910. The molecule has 0 saturated heterocycles. The number of rotatable bonds is 4. The van der Waals surface area contributed by atoms with Crippen molar-refractivity contribution in [2.75, 3.05) is 25.7 Å². The van der Waals surface area contributed by atoms with E-state index >= 15 is 0 Å². The van der Waals surface area contributed by atoms with Gasteiger partial charge in [-0.3, -0.25) is 4.90 Å². The van der Waals surface area contributed by atoms with Crippen molar-refractivity contribution in [1.29, 1.82) is 0 Å². The topological polar surface area (TPSA) is 72.7 Å². The minimum Gasteiger partial charge on any atom is -0.493 e. The number of urea groups is 1. The maximum atomic E-state index is 13.8. The zero-order valence-electron chi connectivity index (χ0n) is 18.4. The third kappa shape index (κ3) is 2.94. The predicted octanol–water partition coefficient (Wildman–Crippen LogP) is 3.99. The zero-order valence-corrected chi connectivity index (χ0v) is 18.4. The van der Waals surface area contributed by atoms with Crippen molar-refractivity contribution < 1.29 is 14.3 Å². The first kappa shape index (κ1) is 19.6. The molecule has 2 aliphatic rings. The molecule has 0 fully saturated rings. The van der Waals surface area contributed by atoms with Crippen molar-refractivity contribution in [3.05, 3.63) is 77.4 Å². The highest BCUT2D eigenvalue weighted by molar-refractivity contribution is 5.96. The number of aromatic nitrogens is 3. The Labute approximate surface area is 190 Å². The molecule has 8 heteroatoms. The Hall–Kier alpha value is -4.07. The molecular weight excluding hydrogens is 418 g/mol. The van der Waals surface area contributed by atoms with Gasteiger partial charge in [0.05, 0.1) is 31.5 Å². The Bertz CT molecular complexity index is 1380. The van der Waals surface area contributed by atoms with E-state index in [1.165, 1.54) is 5.56 Å². The van der Waals surface area contributed by atoms with Gasteiger partial charge in [-0.2, -0.15) is 0 Å². The van der Waals surface area contributed by atoms with E-state index in [9.17, 15) is 4.79 Å². The smallest absolute Gasteiger partial charge is 0.326 e. The number of ether oxygens (including phenoxy) is 2. The molecule has 0 bridgehead atoms. The highest BCUT2D eigenvalue weighted by Crippen LogP contribution is 2.46. The number of anilines is 1. The van der Waals surface area contributed by atoms with Crippen LogP contribution in [0, 0.1) is 0 Å². The Morgan fingerprint density at radius 2 is 1.73 bits per heavy atom. The molecule has 0 spiro atoms. The highest BCUT2D eigenvalue weighted by Gasteiger charge is 2.41. The van der Waals surface area contributed by atoms with Crippen LogP contribution in [0.4, 0.5) is 10.5 Å². The normalized spacial score (nSPS) is 16.9. The lowest BCUT2D eigenvalue weighted by atomic mass is 9.85. The number of hydrogen-bond donors (Lipinski definition) is 0. The molecule has 166 valence electrons. The van der Waals surface area contributed by atoms with Gasteiger partial charge in [0.2, 0.25) is 0 Å². The minimum atomic E-state index is -0.180. The summed E-state index contributed by atoms with van der Waals surface area (Å²) in [5, 5.41) is 8.55. The van der Waals surface area contributed by atoms with Crippen LogP contribution in [-0.2, 0) is 13.1 Å². The van der Waals surface area contributed by atoms with E-state index in [1.807, 2.05) is 59.5 Å². The Morgan fingerprint density at radius 1 is 0.970 bits per heavy atom. The van der Waals surface area contributed by atoms with Gasteiger partial charge >= 0.3 is 6.03 Å². The number of amides is 2. The van der Waals surface area contributed by atoms with Crippen molar-refractivity contribution in [3.8, 4) is 11.5 Å². The van der Waals surface area contributed by atoms with Gasteiger partial charge in [-0.1, -0.05) is 35.5 Å². The molecule has 6 rings (SSSR count). The molecule has 0 saturated carbocycles. The van der Waals surface area contributed by atoms with Gasteiger partial charge in [-0.05, 0) is 47.9 Å². The number of hydrogen-bond acceptors (Lipinski definition) is 5. The summed E-state index contributed by atoms with van der Waals surface area (Å²) >= 11 is 0. The maximum absolute atomic E-state index is 13.8. The summed E-state index contributed by atoms with van der Waals surface area (Å²) in [6.07, 6.45) is 0.750. The average molecular weight is 441 g/mol. The standard InChI is InChI=1S/C25H23N5O3/c1-32-22-13-16-11-12-28-24(18(16)14-23(22)33-2)17-7-3-5-9-20(17)29(25(28)31)15-30-21-10-6-4-8-19(21)26-27-30/h3-10,13-14,24H,11-12,15H2,1-2H3/t24-/m1/s1. The SMILES string of the molecule is COc1cc2c(cc1OC)[C@H]1c3ccccc3N(Cn3nnc4ccccc43)C(=O)N1CC2. The van der Waals surface area contributed by atoms with E-state index in [0.717, 1.165) is 34.3 Å². The number of para-hydroxylation sites is 2. The molecule has 2 amide bonds. The Morgan fingerprint density at radius 3 is 2.58 bits per heavy atom. The van der Waals surface area contributed by atoms with E-state index in [0.29, 0.717) is 24.7 Å². The van der Waals surface area contributed by atoms with Crippen LogP contribution in [0.25, 0.3) is 11.0 Å². The van der Waals surface area contributed by atoms with Crippen molar-refractivity contribution >= 4 is 22.8 Å². The molecule has 0 unspecified atom stereocenters. The molecule has 2 aliphatic heterocycles. The molecule has 0 radical (unpaired) electrons. The van der Waals surface area contributed by atoms with Gasteiger partial charge in [-0.15, -0.1) is 5.10 Å². The fourth-order valence-electron chi connectivity index (χ4n) is 5.00. The first-order valence-electron chi connectivity index (χ1n) is 10.9. The van der Waals surface area contributed by atoms with Gasteiger partial charge in [-0.25, -0.2) is 9.48 Å². The summed E-state index contributed by atoms with van der Waals surface area (Å²) in [5.74, 6) is 1.37. The van der Waals surface area contributed by atoms with Crippen LogP contribution in [-0.4, -0.2) is 46.7 Å². The van der Waals surface area contributed by atoms with Crippen LogP contribution < -0.4 is 14.4 Å². The maximum Gasteiger partial charge on any atom is 0.326 e. The summed E-state index contributed by atoms with van der Waals surface area (Å²) < 4.78 is 12.9. The van der Waals surface area contributed by atoms with Gasteiger partial charge in [0.15, 0.2) is 11.5 Å². The second-order valence-electron chi connectivity index (χ2n) is 8.24. The number of carbonyl (C=O) groups excluding carboxylic acids is 1. The van der Waals surface area contributed by atoms with E-state index in [1.54, 1.807) is 23.8 Å². The molecular formula is C25H23N5O3. The average Bonchev–Trinajstić information content (AvgIpc) is 3.27. The second-order valence-corrected chi connectivity index (χ2v) is 8.24. The molecule has 0 aliphatic carbocycles. The first-order valence-corrected chi connectivity index (χ1v) is 10.9. The molecule has 1 atom stereocenters. The van der Waals surface area contributed by atoms with E-state index < -0.39 is 0 Å².